The van der Waals surface area contributed by atoms with Crippen LogP contribution in [0.3, 0.4) is 0 Å². The van der Waals surface area contributed by atoms with Crippen molar-refractivity contribution >= 4 is 23.5 Å². The van der Waals surface area contributed by atoms with Crippen LogP contribution in [-0.2, 0) is 18.0 Å². The smallest absolute Gasteiger partial charge is 0.756 e. The van der Waals surface area contributed by atoms with Gasteiger partial charge in [-0.2, -0.15) is 0 Å². The molecule has 0 spiro atoms. The largest absolute Gasteiger partial charge is 1.00 e. The fourth-order valence-electron chi connectivity index (χ4n) is 0.130. The molecule has 0 aromatic rings. The molecule has 0 bridgehead atoms. The van der Waals surface area contributed by atoms with Gasteiger partial charge in [0.1, 0.15) is 0 Å². The molecule has 0 aromatic carbocycles. The minimum atomic E-state index is -5.36. The van der Waals surface area contributed by atoms with Gasteiger partial charge in [0.25, 0.3) is 15.6 Å². The predicted octanol–water partition coefficient (Wildman–Crippen LogP) is -9.00. The summed E-state index contributed by atoms with van der Waals surface area (Å²) in [4.78, 5) is 55.7. The zero-order chi connectivity index (χ0) is 12.2. The molecular formula is H5Na2O11P3. The normalized spacial score (nSPS) is 17.4. The van der Waals surface area contributed by atoms with E-state index in [1.165, 1.54) is 0 Å². The summed E-state index contributed by atoms with van der Waals surface area (Å²) in [6.07, 6.45) is 0. The molecule has 0 heterocycles. The zero-order valence-electron chi connectivity index (χ0n) is 8.03. The predicted molar refractivity (Wildman–Crippen MR) is 35.0 cm³/mol. The standard InChI is InChI=1S/2Na.H4O7P2.H3O4P/c;;1-8(2,3)7-9(4,5)6;1-5(2,3)4/h;;(H2,1,2,3)(H2,4,5,6);(H3,1,2,3,4)/q2*+1;;/p-2. The third-order valence-electron chi connectivity index (χ3n) is 0.206. The van der Waals surface area contributed by atoms with Crippen LogP contribution >= 0.6 is 23.5 Å². The molecule has 11 nitrogen and oxygen atoms in total. The van der Waals surface area contributed by atoms with Gasteiger partial charge in [0.15, 0.2) is 0 Å². The number of rotatable bonds is 2. The molecule has 0 saturated heterocycles. The molecule has 2 atom stereocenters. The fraction of sp³-hybridized carbons (Fsp3) is 0. The summed E-state index contributed by atoms with van der Waals surface area (Å²) >= 11 is 0. The average Bonchev–Trinajstić information content (AvgIpc) is 1.42. The minimum Gasteiger partial charge on any atom is -0.756 e. The summed E-state index contributed by atoms with van der Waals surface area (Å²) in [6.45, 7) is 0. The van der Waals surface area contributed by atoms with E-state index in [4.69, 9.17) is 29.0 Å². The Bertz CT molecular complexity index is 262. The second-order valence-electron chi connectivity index (χ2n) is 1.53. The van der Waals surface area contributed by atoms with E-state index in [1.54, 1.807) is 0 Å². The Morgan fingerprint density at radius 2 is 0.875 bits per heavy atom. The van der Waals surface area contributed by atoms with Gasteiger partial charge >= 0.3 is 66.9 Å². The molecule has 16 heteroatoms. The summed E-state index contributed by atoms with van der Waals surface area (Å²) in [5, 5.41) is 0. The van der Waals surface area contributed by atoms with Crippen molar-refractivity contribution in [3.05, 3.63) is 0 Å². The van der Waals surface area contributed by atoms with E-state index < -0.39 is 23.5 Å². The van der Waals surface area contributed by atoms with Gasteiger partial charge in [-0.1, -0.05) is 0 Å². The monoisotopic (exact) mass is 320 g/mol. The Kier molecular flexibility index (Phi) is 17.1. The van der Waals surface area contributed by atoms with Crippen molar-refractivity contribution in [1.82, 2.24) is 0 Å². The van der Waals surface area contributed by atoms with Crippen LogP contribution in [0.25, 0.3) is 0 Å². The van der Waals surface area contributed by atoms with Crippen LogP contribution in [0.4, 0.5) is 0 Å². The van der Waals surface area contributed by atoms with Crippen LogP contribution in [-0.4, -0.2) is 24.5 Å². The van der Waals surface area contributed by atoms with Gasteiger partial charge < -0.3 is 34.3 Å². The molecule has 0 amide bonds. The topological polar surface area (TPSA) is 208 Å². The van der Waals surface area contributed by atoms with E-state index in [0.29, 0.717) is 0 Å². The Hall–Kier alpha value is 2.37. The maximum absolute atomic E-state index is 9.48. The van der Waals surface area contributed by atoms with E-state index in [0.717, 1.165) is 0 Å². The minimum absolute atomic E-state index is 0. The first-order valence-corrected chi connectivity index (χ1v) is 6.83. The molecule has 16 heavy (non-hydrogen) atoms. The van der Waals surface area contributed by atoms with E-state index in [-0.39, 0.29) is 59.1 Å². The van der Waals surface area contributed by atoms with Crippen LogP contribution < -0.4 is 68.9 Å². The number of phosphoric acid groups is 3. The van der Waals surface area contributed by atoms with Crippen LogP contribution in [0, 0.1) is 0 Å². The molecule has 0 rings (SSSR count). The maximum atomic E-state index is 9.48. The molecular weight excluding hydrogens is 315 g/mol. The van der Waals surface area contributed by atoms with E-state index in [2.05, 4.69) is 4.31 Å². The first kappa shape index (κ1) is 26.8. The van der Waals surface area contributed by atoms with Gasteiger partial charge in [0.05, 0.1) is 0 Å². The summed E-state index contributed by atoms with van der Waals surface area (Å²) < 4.78 is 30.6. The SMILES string of the molecule is O=P(O)(O)O.O=P([O-])(O)OP(=O)([O-])O.[Na+].[Na+]. The molecule has 0 aromatic heterocycles. The van der Waals surface area contributed by atoms with Gasteiger partial charge in [-0.15, -0.1) is 0 Å². The molecule has 88 valence electrons. The first-order valence-electron chi connectivity index (χ1n) is 2.28. The van der Waals surface area contributed by atoms with Crippen LogP contribution in [0.1, 0.15) is 0 Å². The molecule has 0 aliphatic rings. The fourth-order valence-corrected chi connectivity index (χ4v) is 1.17. The van der Waals surface area contributed by atoms with Gasteiger partial charge in [0, 0.05) is 0 Å². The second kappa shape index (κ2) is 10.2. The Morgan fingerprint density at radius 3 is 0.875 bits per heavy atom. The molecule has 5 N–H and O–H groups in total. The van der Waals surface area contributed by atoms with Gasteiger partial charge in [-0.25, -0.2) is 8.88 Å². The van der Waals surface area contributed by atoms with Crippen molar-refractivity contribution < 1.29 is 111 Å². The average molecular weight is 320 g/mol. The van der Waals surface area contributed by atoms with Gasteiger partial charge in [0.2, 0.25) is 0 Å². The van der Waals surface area contributed by atoms with Crippen molar-refractivity contribution in [2.75, 3.05) is 0 Å². The van der Waals surface area contributed by atoms with E-state index in [9.17, 15) is 18.9 Å². The Labute approximate surface area is 134 Å². The molecule has 0 fully saturated rings. The van der Waals surface area contributed by atoms with E-state index in [1.807, 2.05) is 0 Å². The number of hydrogen-bond acceptors (Lipinski definition) is 6. The quantitative estimate of drug-likeness (QED) is 0.238. The third-order valence-corrected chi connectivity index (χ3v) is 1.86. The summed E-state index contributed by atoms with van der Waals surface area (Å²) in [7, 11) is -15.4. The molecule has 0 radical (unpaired) electrons. The Balaban J connectivity index is -0.0000000904. The van der Waals surface area contributed by atoms with Crippen molar-refractivity contribution in [3.63, 3.8) is 0 Å². The van der Waals surface area contributed by atoms with Crippen molar-refractivity contribution in [1.29, 1.82) is 0 Å². The Morgan fingerprint density at radius 1 is 0.750 bits per heavy atom. The van der Waals surface area contributed by atoms with Crippen LogP contribution in [0.15, 0.2) is 0 Å². The molecule has 2 unspecified atom stereocenters. The summed E-state index contributed by atoms with van der Waals surface area (Å²) in [6, 6.07) is 0. The third kappa shape index (κ3) is 55.2. The molecule has 0 aliphatic heterocycles. The van der Waals surface area contributed by atoms with Crippen molar-refractivity contribution in [2.24, 2.45) is 0 Å². The van der Waals surface area contributed by atoms with Gasteiger partial charge in [-0.05, 0) is 0 Å². The van der Waals surface area contributed by atoms with E-state index >= 15 is 0 Å². The summed E-state index contributed by atoms with van der Waals surface area (Å²) in [5.41, 5.74) is 0. The summed E-state index contributed by atoms with van der Waals surface area (Å²) in [5.74, 6) is 0. The van der Waals surface area contributed by atoms with Crippen LogP contribution in [0.5, 0.6) is 0 Å². The first-order chi connectivity index (χ1) is 5.71. The van der Waals surface area contributed by atoms with Crippen molar-refractivity contribution in [3.8, 4) is 0 Å². The number of hydrogen-bond donors (Lipinski definition) is 5. The van der Waals surface area contributed by atoms with Crippen molar-refractivity contribution in [2.45, 2.75) is 0 Å². The van der Waals surface area contributed by atoms with Gasteiger partial charge in [-0.3, -0.25) is 9.13 Å². The molecule has 0 aliphatic carbocycles. The zero-order valence-corrected chi connectivity index (χ0v) is 14.7. The molecule has 0 saturated carbocycles. The van der Waals surface area contributed by atoms with Crippen LogP contribution in [0.2, 0.25) is 0 Å². The second-order valence-corrected chi connectivity index (χ2v) is 5.09. The maximum Gasteiger partial charge on any atom is 1.00 e.